The van der Waals surface area contributed by atoms with Crippen LogP contribution < -0.4 is 5.32 Å². The molecule has 0 fully saturated rings. The van der Waals surface area contributed by atoms with Gasteiger partial charge in [-0.15, -0.1) is 0 Å². The topological polar surface area (TPSA) is 75.6 Å². The van der Waals surface area contributed by atoms with Crippen LogP contribution in [-0.4, -0.2) is 25.9 Å². The number of hydrogen-bond acceptors (Lipinski definition) is 3. The van der Waals surface area contributed by atoms with E-state index in [1.165, 1.54) is 6.20 Å². The number of aryl methyl sites for hydroxylation is 2. The van der Waals surface area contributed by atoms with Crippen molar-refractivity contribution in [2.24, 2.45) is 7.05 Å². The maximum absolute atomic E-state index is 11.7. The van der Waals surface area contributed by atoms with Crippen molar-refractivity contribution in [3.05, 3.63) is 29.7 Å². The van der Waals surface area contributed by atoms with Gasteiger partial charge in [-0.25, -0.2) is 0 Å². The molecule has 78 valence electrons. The number of H-pyrrole nitrogens is 1. The Labute approximate surface area is 86.3 Å². The Morgan fingerprint density at radius 2 is 2.40 bits per heavy atom. The molecule has 1 amide bonds. The van der Waals surface area contributed by atoms with Crippen LogP contribution in [0.5, 0.6) is 0 Å². The normalized spacial score (nSPS) is 10.3. The number of amides is 1. The lowest BCUT2D eigenvalue weighted by molar-refractivity contribution is 0.102. The molecule has 0 unspecified atom stereocenters. The van der Waals surface area contributed by atoms with Gasteiger partial charge in [-0.3, -0.25) is 14.6 Å². The minimum absolute atomic E-state index is 0.190. The van der Waals surface area contributed by atoms with Crippen LogP contribution in [0, 0.1) is 6.92 Å². The average molecular weight is 205 g/mol. The molecule has 0 saturated carbocycles. The van der Waals surface area contributed by atoms with Crippen LogP contribution in [0.2, 0.25) is 0 Å². The number of nitrogens with one attached hydrogen (secondary N) is 2. The molecule has 0 aliphatic rings. The zero-order valence-electron chi connectivity index (χ0n) is 8.48. The molecule has 0 aliphatic heterocycles. The van der Waals surface area contributed by atoms with Crippen molar-refractivity contribution in [3.8, 4) is 0 Å². The minimum Gasteiger partial charge on any atom is -0.307 e. The van der Waals surface area contributed by atoms with E-state index >= 15 is 0 Å². The molecule has 0 aromatic carbocycles. The molecule has 2 N–H and O–H groups in total. The Hall–Kier alpha value is -2.11. The summed E-state index contributed by atoms with van der Waals surface area (Å²) in [4.78, 5) is 11.7. The smallest absolute Gasteiger partial charge is 0.260 e. The van der Waals surface area contributed by atoms with Crippen molar-refractivity contribution in [1.29, 1.82) is 0 Å². The summed E-state index contributed by atoms with van der Waals surface area (Å²) in [6.07, 6.45) is 3.12. The minimum atomic E-state index is -0.190. The highest BCUT2D eigenvalue weighted by molar-refractivity contribution is 6.04. The number of nitrogens with zero attached hydrogens (tertiary/aromatic N) is 3. The fourth-order valence-corrected chi connectivity index (χ4v) is 1.26. The van der Waals surface area contributed by atoms with E-state index in [0.717, 1.165) is 5.69 Å². The third-order valence-corrected chi connectivity index (χ3v) is 2.14. The molecule has 0 aliphatic carbocycles. The first-order valence-corrected chi connectivity index (χ1v) is 4.48. The number of carbonyl (C=O) groups is 1. The zero-order chi connectivity index (χ0) is 10.8. The van der Waals surface area contributed by atoms with E-state index < -0.39 is 0 Å². The molecule has 15 heavy (non-hydrogen) atoms. The van der Waals surface area contributed by atoms with E-state index in [9.17, 15) is 4.79 Å². The number of rotatable bonds is 2. The fraction of sp³-hybridized carbons (Fsp3) is 0.222. The number of aromatic amines is 1. The van der Waals surface area contributed by atoms with E-state index in [4.69, 9.17) is 0 Å². The molecular formula is C9H11N5O. The second-order valence-electron chi connectivity index (χ2n) is 3.20. The third-order valence-electron chi connectivity index (χ3n) is 2.14. The summed E-state index contributed by atoms with van der Waals surface area (Å²) in [6.45, 7) is 1.80. The van der Waals surface area contributed by atoms with E-state index in [2.05, 4.69) is 20.6 Å². The lowest BCUT2D eigenvalue weighted by Crippen LogP contribution is -2.14. The second kappa shape index (κ2) is 3.56. The van der Waals surface area contributed by atoms with Gasteiger partial charge in [0, 0.05) is 18.8 Å². The number of aromatic nitrogens is 4. The van der Waals surface area contributed by atoms with Crippen molar-refractivity contribution in [1.82, 2.24) is 20.0 Å². The molecule has 2 aromatic rings. The van der Waals surface area contributed by atoms with Gasteiger partial charge >= 0.3 is 0 Å². The van der Waals surface area contributed by atoms with Crippen molar-refractivity contribution in [3.63, 3.8) is 0 Å². The molecule has 6 nitrogen and oxygen atoms in total. The highest BCUT2D eigenvalue weighted by atomic mass is 16.1. The highest BCUT2D eigenvalue weighted by Crippen LogP contribution is 2.08. The molecule has 2 rings (SSSR count). The molecular weight excluding hydrogens is 194 g/mol. The van der Waals surface area contributed by atoms with Crippen molar-refractivity contribution < 1.29 is 4.79 Å². The van der Waals surface area contributed by atoms with E-state index in [-0.39, 0.29) is 5.91 Å². The molecule has 2 heterocycles. The predicted octanol–water partition coefficient (Wildman–Crippen LogP) is 0.704. The molecule has 0 spiro atoms. The van der Waals surface area contributed by atoms with Gasteiger partial charge < -0.3 is 5.32 Å². The van der Waals surface area contributed by atoms with Gasteiger partial charge in [-0.05, 0) is 6.92 Å². The Bertz CT molecular complexity index is 484. The summed E-state index contributed by atoms with van der Waals surface area (Å²) < 4.78 is 1.59. The molecule has 2 aromatic heterocycles. The standard InChI is InChI=1S/C9H11N5O/c1-6-7(5-10-13-6)9(15)12-8-3-4-11-14(8)2/h3-5H,1-2H3,(H,10,13)(H,12,15). The Kier molecular flexibility index (Phi) is 2.24. The van der Waals surface area contributed by atoms with Crippen LogP contribution >= 0.6 is 0 Å². The zero-order valence-corrected chi connectivity index (χ0v) is 8.48. The van der Waals surface area contributed by atoms with Crippen LogP contribution in [0.3, 0.4) is 0 Å². The number of hydrogen-bond donors (Lipinski definition) is 2. The average Bonchev–Trinajstić information content (AvgIpc) is 2.76. The maximum atomic E-state index is 11.7. The molecule has 0 bridgehead atoms. The van der Waals surface area contributed by atoms with Crippen molar-refractivity contribution in [2.75, 3.05) is 5.32 Å². The molecule has 0 saturated heterocycles. The van der Waals surface area contributed by atoms with Crippen molar-refractivity contribution >= 4 is 11.7 Å². The predicted molar refractivity (Wildman–Crippen MR) is 54.5 cm³/mol. The quantitative estimate of drug-likeness (QED) is 0.757. The van der Waals surface area contributed by atoms with E-state index in [0.29, 0.717) is 11.4 Å². The first-order chi connectivity index (χ1) is 7.18. The summed E-state index contributed by atoms with van der Waals surface area (Å²) in [7, 11) is 1.76. The van der Waals surface area contributed by atoms with Gasteiger partial charge in [0.25, 0.3) is 5.91 Å². The van der Waals surface area contributed by atoms with Gasteiger partial charge in [-0.2, -0.15) is 10.2 Å². The van der Waals surface area contributed by atoms with Gasteiger partial charge in [0.05, 0.1) is 18.0 Å². The number of carbonyl (C=O) groups excluding carboxylic acids is 1. The summed E-state index contributed by atoms with van der Waals surface area (Å²) in [5.74, 6) is 0.463. The Morgan fingerprint density at radius 3 is 2.93 bits per heavy atom. The fourth-order valence-electron chi connectivity index (χ4n) is 1.26. The number of anilines is 1. The second-order valence-corrected chi connectivity index (χ2v) is 3.20. The molecule has 0 atom stereocenters. The lowest BCUT2D eigenvalue weighted by atomic mass is 10.2. The van der Waals surface area contributed by atoms with Crippen LogP contribution in [-0.2, 0) is 7.05 Å². The summed E-state index contributed by atoms with van der Waals surface area (Å²) >= 11 is 0. The molecule has 6 heteroatoms. The maximum Gasteiger partial charge on any atom is 0.260 e. The SMILES string of the molecule is Cc1[nH]ncc1C(=O)Nc1ccnn1C. The lowest BCUT2D eigenvalue weighted by Gasteiger charge is -2.03. The van der Waals surface area contributed by atoms with Gasteiger partial charge in [0.15, 0.2) is 0 Å². The summed E-state index contributed by atoms with van der Waals surface area (Å²) in [5, 5.41) is 13.2. The highest BCUT2D eigenvalue weighted by Gasteiger charge is 2.11. The Morgan fingerprint density at radius 1 is 1.60 bits per heavy atom. The van der Waals surface area contributed by atoms with Crippen molar-refractivity contribution in [2.45, 2.75) is 6.92 Å². The monoisotopic (exact) mass is 205 g/mol. The molecule has 0 radical (unpaired) electrons. The van der Waals surface area contributed by atoms with Crippen LogP contribution in [0.25, 0.3) is 0 Å². The van der Waals surface area contributed by atoms with Crippen LogP contribution in [0.4, 0.5) is 5.82 Å². The third kappa shape index (κ3) is 1.74. The van der Waals surface area contributed by atoms with Gasteiger partial charge in [0.2, 0.25) is 0 Å². The first-order valence-electron chi connectivity index (χ1n) is 4.48. The van der Waals surface area contributed by atoms with E-state index in [1.54, 1.807) is 30.9 Å². The Balaban J connectivity index is 2.18. The summed E-state index contributed by atoms with van der Waals surface area (Å²) in [5.41, 5.74) is 1.28. The van der Waals surface area contributed by atoms with Gasteiger partial charge in [0.1, 0.15) is 5.82 Å². The van der Waals surface area contributed by atoms with Crippen LogP contribution in [0.1, 0.15) is 16.1 Å². The van der Waals surface area contributed by atoms with Gasteiger partial charge in [-0.1, -0.05) is 0 Å². The first kappa shape index (κ1) is 9.45. The largest absolute Gasteiger partial charge is 0.307 e. The van der Waals surface area contributed by atoms with Crippen LogP contribution in [0.15, 0.2) is 18.5 Å². The van der Waals surface area contributed by atoms with E-state index in [1.807, 2.05) is 0 Å². The summed E-state index contributed by atoms with van der Waals surface area (Å²) in [6, 6.07) is 1.73.